The van der Waals surface area contributed by atoms with Crippen molar-refractivity contribution in [2.75, 3.05) is 6.54 Å². The van der Waals surface area contributed by atoms with Crippen LogP contribution in [0.4, 0.5) is 0 Å². The van der Waals surface area contributed by atoms with E-state index in [1.807, 2.05) is 0 Å². The van der Waals surface area contributed by atoms with Crippen molar-refractivity contribution in [2.24, 2.45) is 5.92 Å². The third kappa shape index (κ3) is 3.91. The smallest absolute Gasteiger partial charge is 0.0343 e. The van der Waals surface area contributed by atoms with E-state index in [9.17, 15) is 0 Å². The van der Waals surface area contributed by atoms with E-state index in [0.29, 0.717) is 12.0 Å². The summed E-state index contributed by atoms with van der Waals surface area (Å²) in [5.41, 5.74) is 2.70. The number of hydrogen-bond acceptors (Lipinski definition) is 1. The fourth-order valence-electron chi connectivity index (χ4n) is 1.98. The Morgan fingerprint density at radius 1 is 1.25 bits per heavy atom. The van der Waals surface area contributed by atoms with E-state index in [0.717, 1.165) is 6.54 Å². The summed E-state index contributed by atoms with van der Waals surface area (Å²) in [6.45, 7) is 9.96. The second kappa shape index (κ2) is 6.41. The van der Waals surface area contributed by atoms with Gasteiger partial charge < -0.3 is 5.32 Å². The molecule has 0 aromatic heterocycles. The van der Waals surface area contributed by atoms with Gasteiger partial charge in [0.25, 0.3) is 0 Å². The van der Waals surface area contributed by atoms with Crippen molar-refractivity contribution in [3.63, 3.8) is 0 Å². The summed E-state index contributed by atoms with van der Waals surface area (Å²) in [6.07, 6.45) is 1.18. The minimum atomic E-state index is 0.455. The van der Waals surface area contributed by atoms with Gasteiger partial charge in [0.05, 0.1) is 0 Å². The molecule has 1 nitrogen and oxygen atoms in total. The lowest BCUT2D eigenvalue weighted by atomic mass is 9.95. The molecule has 0 aliphatic carbocycles. The molecule has 90 valence electrons. The fourth-order valence-corrected chi connectivity index (χ4v) is 2.61. The number of aryl methyl sites for hydroxylation is 1. The molecule has 0 aliphatic rings. The zero-order valence-corrected chi connectivity index (χ0v) is 12.3. The molecule has 16 heavy (non-hydrogen) atoms. The van der Waals surface area contributed by atoms with Gasteiger partial charge >= 0.3 is 0 Å². The number of rotatable bonds is 5. The van der Waals surface area contributed by atoms with E-state index in [1.54, 1.807) is 0 Å². The van der Waals surface area contributed by atoms with Crippen LogP contribution in [0.3, 0.4) is 0 Å². The van der Waals surface area contributed by atoms with Crippen LogP contribution in [-0.4, -0.2) is 6.54 Å². The first kappa shape index (κ1) is 13.7. The van der Waals surface area contributed by atoms with Crippen molar-refractivity contribution in [3.8, 4) is 0 Å². The largest absolute Gasteiger partial charge is 0.310 e. The molecule has 0 saturated carbocycles. The Morgan fingerprint density at radius 3 is 2.44 bits per heavy atom. The molecule has 1 N–H and O–H groups in total. The molecule has 0 fully saturated rings. The highest BCUT2D eigenvalue weighted by molar-refractivity contribution is 9.10. The van der Waals surface area contributed by atoms with Crippen LogP contribution in [-0.2, 0) is 0 Å². The van der Waals surface area contributed by atoms with Crippen LogP contribution < -0.4 is 5.32 Å². The van der Waals surface area contributed by atoms with Gasteiger partial charge in [0, 0.05) is 10.5 Å². The predicted molar refractivity (Wildman–Crippen MR) is 74.8 cm³/mol. The summed E-state index contributed by atoms with van der Waals surface area (Å²) in [4.78, 5) is 0. The molecule has 1 aromatic rings. The first-order chi connectivity index (χ1) is 7.54. The Labute approximate surface area is 108 Å². The summed E-state index contributed by atoms with van der Waals surface area (Å²) in [5, 5.41) is 3.62. The van der Waals surface area contributed by atoms with Gasteiger partial charge in [-0.3, -0.25) is 0 Å². The van der Waals surface area contributed by atoms with Crippen LogP contribution in [0.25, 0.3) is 0 Å². The van der Waals surface area contributed by atoms with Crippen LogP contribution in [0.1, 0.15) is 44.4 Å². The molecule has 1 atom stereocenters. The molecule has 0 spiro atoms. The molecule has 1 aromatic carbocycles. The van der Waals surface area contributed by atoms with Gasteiger partial charge in [-0.25, -0.2) is 0 Å². The maximum atomic E-state index is 3.62. The minimum absolute atomic E-state index is 0.455. The maximum Gasteiger partial charge on any atom is 0.0343 e. The third-order valence-electron chi connectivity index (χ3n) is 2.70. The molecule has 1 unspecified atom stereocenters. The van der Waals surface area contributed by atoms with Gasteiger partial charge in [0.15, 0.2) is 0 Å². The SMILES string of the molecule is CCCNC(c1cc(C)cc(Br)c1)C(C)C. The molecule has 0 bridgehead atoms. The molecule has 2 heteroatoms. The van der Waals surface area contributed by atoms with Crippen molar-refractivity contribution < 1.29 is 0 Å². The van der Waals surface area contributed by atoms with Crippen molar-refractivity contribution in [3.05, 3.63) is 33.8 Å². The van der Waals surface area contributed by atoms with Gasteiger partial charge in [0.1, 0.15) is 0 Å². The average molecular weight is 284 g/mol. The summed E-state index contributed by atoms with van der Waals surface area (Å²) in [7, 11) is 0. The van der Waals surface area contributed by atoms with Crippen LogP contribution in [0.15, 0.2) is 22.7 Å². The van der Waals surface area contributed by atoms with E-state index in [1.165, 1.54) is 22.0 Å². The molecule has 0 aliphatic heterocycles. The quantitative estimate of drug-likeness (QED) is 0.842. The molecular weight excluding hydrogens is 262 g/mol. The Morgan fingerprint density at radius 2 is 1.94 bits per heavy atom. The van der Waals surface area contributed by atoms with Crippen molar-refractivity contribution in [1.82, 2.24) is 5.32 Å². The van der Waals surface area contributed by atoms with Crippen LogP contribution in [0.5, 0.6) is 0 Å². The number of halogens is 1. The molecule has 1 rings (SSSR count). The Balaban J connectivity index is 2.91. The van der Waals surface area contributed by atoms with Crippen molar-refractivity contribution in [2.45, 2.75) is 40.2 Å². The van der Waals surface area contributed by atoms with E-state index in [2.05, 4.69) is 67.1 Å². The van der Waals surface area contributed by atoms with E-state index >= 15 is 0 Å². The van der Waals surface area contributed by atoms with Gasteiger partial charge in [-0.05, 0) is 49.1 Å². The molecule has 0 radical (unpaired) electrons. The summed E-state index contributed by atoms with van der Waals surface area (Å²) in [6, 6.07) is 7.11. The topological polar surface area (TPSA) is 12.0 Å². The van der Waals surface area contributed by atoms with Crippen molar-refractivity contribution >= 4 is 15.9 Å². The van der Waals surface area contributed by atoms with Crippen molar-refractivity contribution in [1.29, 1.82) is 0 Å². The van der Waals surface area contributed by atoms with Gasteiger partial charge in [-0.15, -0.1) is 0 Å². The Bertz CT molecular complexity index is 313. The van der Waals surface area contributed by atoms with E-state index in [-0.39, 0.29) is 0 Å². The van der Waals surface area contributed by atoms with E-state index < -0.39 is 0 Å². The van der Waals surface area contributed by atoms with Crippen LogP contribution in [0.2, 0.25) is 0 Å². The fraction of sp³-hybridized carbons (Fsp3) is 0.571. The maximum absolute atomic E-state index is 3.62. The summed E-state index contributed by atoms with van der Waals surface area (Å²) in [5.74, 6) is 0.611. The first-order valence-corrected chi connectivity index (χ1v) is 6.84. The highest BCUT2D eigenvalue weighted by Crippen LogP contribution is 2.25. The number of hydrogen-bond donors (Lipinski definition) is 1. The Hall–Kier alpha value is -0.340. The summed E-state index contributed by atoms with van der Waals surface area (Å²) < 4.78 is 1.17. The number of benzene rings is 1. The lowest BCUT2D eigenvalue weighted by Crippen LogP contribution is -2.26. The highest BCUT2D eigenvalue weighted by atomic mass is 79.9. The number of nitrogens with one attached hydrogen (secondary N) is 1. The lowest BCUT2D eigenvalue weighted by Gasteiger charge is -2.23. The second-order valence-electron chi connectivity index (χ2n) is 4.74. The molecule has 0 amide bonds. The highest BCUT2D eigenvalue weighted by Gasteiger charge is 2.15. The molecule has 0 saturated heterocycles. The third-order valence-corrected chi connectivity index (χ3v) is 3.16. The Kier molecular flexibility index (Phi) is 5.50. The monoisotopic (exact) mass is 283 g/mol. The normalized spacial score (nSPS) is 13.1. The van der Waals surface area contributed by atoms with Crippen LogP contribution >= 0.6 is 15.9 Å². The molecule has 0 heterocycles. The van der Waals surface area contributed by atoms with E-state index in [4.69, 9.17) is 0 Å². The zero-order chi connectivity index (χ0) is 12.1. The first-order valence-electron chi connectivity index (χ1n) is 6.05. The average Bonchev–Trinajstić information content (AvgIpc) is 2.16. The second-order valence-corrected chi connectivity index (χ2v) is 5.65. The van der Waals surface area contributed by atoms with Gasteiger partial charge in [-0.1, -0.05) is 42.8 Å². The molecular formula is C14H22BrN. The standard InChI is InChI=1S/C14H22BrN/c1-5-6-16-14(10(2)3)12-7-11(4)8-13(15)9-12/h7-10,14,16H,5-6H2,1-4H3. The van der Waals surface area contributed by atoms with Gasteiger partial charge in [-0.2, -0.15) is 0 Å². The van der Waals surface area contributed by atoms with Gasteiger partial charge in [0.2, 0.25) is 0 Å². The van der Waals surface area contributed by atoms with Crippen LogP contribution in [0, 0.1) is 12.8 Å². The zero-order valence-electron chi connectivity index (χ0n) is 10.7. The summed E-state index contributed by atoms with van der Waals surface area (Å²) >= 11 is 3.57. The minimum Gasteiger partial charge on any atom is -0.310 e. The predicted octanol–water partition coefficient (Wildman–Crippen LogP) is 4.45. The lowest BCUT2D eigenvalue weighted by molar-refractivity contribution is 0.412.